The maximum Gasteiger partial charge on any atom is 0.235 e. The normalized spacial score (nSPS) is 14.2. The Bertz CT molecular complexity index is 1270. The maximum atomic E-state index is 12.5. The van der Waals surface area contributed by atoms with Crippen molar-refractivity contribution in [3.05, 3.63) is 54.7 Å². The molecule has 1 aliphatic rings. The monoisotopic (exact) mass is 495 g/mol. The Morgan fingerprint density at radius 1 is 1.06 bits per heavy atom. The lowest BCUT2D eigenvalue weighted by Gasteiger charge is -2.29. The van der Waals surface area contributed by atoms with E-state index in [1.165, 1.54) is 5.69 Å². The number of piperazine rings is 1. The van der Waals surface area contributed by atoms with Crippen LogP contribution >= 0.6 is 0 Å². The van der Waals surface area contributed by atoms with Crippen molar-refractivity contribution in [3.8, 4) is 28.0 Å². The molecule has 35 heavy (non-hydrogen) atoms. The van der Waals surface area contributed by atoms with E-state index in [1.807, 2.05) is 19.1 Å². The molecule has 1 saturated heterocycles. The zero-order chi connectivity index (χ0) is 25.0. The van der Waals surface area contributed by atoms with Crippen molar-refractivity contribution in [2.75, 3.05) is 48.1 Å². The fraction of sp³-hybridized carbons (Fsp3) is 0.346. The number of nitrogens with two attached hydrogens (primary N) is 1. The molecule has 8 nitrogen and oxygen atoms in total. The summed E-state index contributed by atoms with van der Waals surface area (Å²) in [5.41, 5.74) is 11.3. The van der Waals surface area contributed by atoms with Gasteiger partial charge in [-0.25, -0.2) is 13.4 Å². The number of hydrogen-bond acceptors (Lipinski definition) is 7. The summed E-state index contributed by atoms with van der Waals surface area (Å²) in [4.78, 5) is 6.80. The van der Waals surface area contributed by atoms with E-state index in [0.717, 1.165) is 42.9 Å². The van der Waals surface area contributed by atoms with Crippen LogP contribution in [0.15, 0.2) is 54.7 Å². The van der Waals surface area contributed by atoms with Crippen molar-refractivity contribution in [1.29, 1.82) is 0 Å². The molecular formula is C26H33N5O3S. The number of nitrogens with one attached hydrogen (secondary N) is 2. The van der Waals surface area contributed by atoms with Crippen LogP contribution in [0, 0.1) is 0 Å². The second-order valence-corrected chi connectivity index (χ2v) is 11.1. The van der Waals surface area contributed by atoms with E-state index in [9.17, 15) is 8.42 Å². The van der Waals surface area contributed by atoms with Gasteiger partial charge in [-0.1, -0.05) is 12.1 Å². The summed E-state index contributed by atoms with van der Waals surface area (Å²) < 4.78 is 33.3. The summed E-state index contributed by atoms with van der Waals surface area (Å²) in [6.07, 6.45) is 1.76. The lowest BCUT2D eigenvalue weighted by atomic mass is 10.00. The van der Waals surface area contributed by atoms with E-state index in [2.05, 4.69) is 44.2 Å². The van der Waals surface area contributed by atoms with Crippen molar-refractivity contribution in [2.45, 2.75) is 26.0 Å². The number of pyridine rings is 1. The summed E-state index contributed by atoms with van der Waals surface area (Å²) in [6.45, 7) is 9.56. The van der Waals surface area contributed by atoms with Gasteiger partial charge in [0.05, 0.1) is 17.5 Å². The fourth-order valence-electron chi connectivity index (χ4n) is 4.00. The van der Waals surface area contributed by atoms with Gasteiger partial charge in [-0.2, -0.15) is 0 Å². The van der Waals surface area contributed by atoms with Gasteiger partial charge in [0, 0.05) is 55.3 Å². The van der Waals surface area contributed by atoms with Crippen molar-refractivity contribution in [2.24, 2.45) is 0 Å². The highest BCUT2D eigenvalue weighted by Gasteiger charge is 2.18. The minimum atomic E-state index is -3.52. The molecule has 0 unspecified atom stereocenters. The van der Waals surface area contributed by atoms with E-state index in [1.54, 1.807) is 32.2 Å². The number of rotatable bonds is 8. The van der Waals surface area contributed by atoms with E-state index in [-0.39, 0.29) is 0 Å². The van der Waals surface area contributed by atoms with Gasteiger partial charge in [0.2, 0.25) is 10.0 Å². The van der Waals surface area contributed by atoms with E-state index < -0.39 is 15.3 Å². The number of hydrogen-bond donors (Lipinski definition) is 3. The molecule has 3 aromatic rings. The summed E-state index contributed by atoms with van der Waals surface area (Å²) in [5.74, 6) is 0.911. The molecule has 0 radical (unpaired) electrons. The SMILES string of the molecule is CCOc1cc(NS(=O)(=O)C(C)C)cc(-c2cc(-c3ccc(N4CCNCC4)cc3)cnc2N)c1. The van der Waals surface area contributed by atoms with Crippen LogP contribution in [0.3, 0.4) is 0 Å². The van der Waals surface area contributed by atoms with Crippen LogP contribution in [0.5, 0.6) is 5.75 Å². The van der Waals surface area contributed by atoms with Crippen LogP contribution in [0.2, 0.25) is 0 Å². The number of nitrogens with zero attached hydrogens (tertiary/aromatic N) is 2. The lowest BCUT2D eigenvalue weighted by Crippen LogP contribution is -2.43. The van der Waals surface area contributed by atoms with Crippen LogP contribution in [-0.4, -0.2) is 51.4 Å². The molecular weight excluding hydrogens is 462 g/mol. The molecule has 2 heterocycles. The van der Waals surface area contributed by atoms with Gasteiger partial charge in [0.1, 0.15) is 11.6 Å². The Balaban J connectivity index is 1.68. The van der Waals surface area contributed by atoms with Gasteiger partial charge in [-0.15, -0.1) is 0 Å². The molecule has 9 heteroatoms. The highest BCUT2D eigenvalue weighted by molar-refractivity contribution is 7.93. The predicted octanol–water partition coefficient (Wildman–Crippen LogP) is 3.96. The third-order valence-electron chi connectivity index (χ3n) is 6.01. The lowest BCUT2D eigenvalue weighted by molar-refractivity contribution is 0.340. The molecule has 0 atom stereocenters. The number of anilines is 3. The second-order valence-electron chi connectivity index (χ2n) is 8.82. The third kappa shape index (κ3) is 5.86. The maximum absolute atomic E-state index is 12.5. The number of sulfonamides is 1. The first-order chi connectivity index (χ1) is 16.8. The van der Waals surface area contributed by atoms with E-state index in [0.29, 0.717) is 29.4 Å². The first kappa shape index (κ1) is 24.8. The molecule has 1 fully saturated rings. The van der Waals surface area contributed by atoms with Crippen molar-refractivity contribution in [1.82, 2.24) is 10.3 Å². The standard InChI is InChI=1S/C26H33N5O3S/c1-4-34-24-14-20(13-22(16-24)30-35(32,33)18(2)3)25-15-21(17-29-26(25)27)19-5-7-23(8-6-19)31-11-9-28-10-12-31/h5-8,13-18,28,30H,4,9-12H2,1-3H3,(H2,27,29). The van der Waals surface area contributed by atoms with Crippen molar-refractivity contribution >= 4 is 27.2 Å². The van der Waals surface area contributed by atoms with Crippen molar-refractivity contribution in [3.63, 3.8) is 0 Å². The van der Waals surface area contributed by atoms with Gasteiger partial charge >= 0.3 is 0 Å². The van der Waals surface area contributed by atoms with Crippen molar-refractivity contribution < 1.29 is 13.2 Å². The number of ether oxygens (including phenoxy) is 1. The quantitative estimate of drug-likeness (QED) is 0.434. The van der Waals surface area contributed by atoms with Crippen LogP contribution in [-0.2, 0) is 10.0 Å². The van der Waals surface area contributed by atoms with Gasteiger partial charge in [0.25, 0.3) is 0 Å². The fourth-order valence-corrected chi connectivity index (χ4v) is 4.68. The molecule has 0 saturated carbocycles. The Morgan fingerprint density at radius 2 is 1.77 bits per heavy atom. The summed E-state index contributed by atoms with van der Waals surface area (Å²) in [6, 6.07) is 15.7. The summed E-state index contributed by atoms with van der Waals surface area (Å²) >= 11 is 0. The summed E-state index contributed by atoms with van der Waals surface area (Å²) in [7, 11) is -3.52. The van der Waals surface area contributed by atoms with Gasteiger partial charge in [-0.05, 0) is 62.2 Å². The number of benzene rings is 2. The molecule has 4 rings (SSSR count). The average Bonchev–Trinajstić information content (AvgIpc) is 2.85. The Hall–Kier alpha value is -3.30. The highest BCUT2D eigenvalue weighted by Crippen LogP contribution is 2.35. The molecule has 186 valence electrons. The Labute approximate surface area is 207 Å². The van der Waals surface area contributed by atoms with E-state index >= 15 is 0 Å². The Kier molecular flexibility index (Phi) is 7.47. The molecule has 1 aliphatic heterocycles. The van der Waals surface area contributed by atoms with Gasteiger partial charge in [-0.3, -0.25) is 4.72 Å². The third-order valence-corrected chi connectivity index (χ3v) is 7.77. The van der Waals surface area contributed by atoms with Crippen LogP contribution < -0.4 is 25.4 Å². The molecule has 0 aliphatic carbocycles. The molecule has 0 amide bonds. The highest BCUT2D eigenvalue weighted by atomic mass is 32.2. The minimum absolute atomic E-state index is 0.359. The second kappa shape index (κ2) is 10.5. The molecule has 4 N–H and O–H groups in total. The topological polar surface area (TPSA) is 110 Å². The predicted molar refractivity (Wildman–Crippen MR) is 143 cm³/mol. The van der Waals surface area contributed by atoms with Crippen LogP contribution in [0.25, 0.3) is 22.3 Å². The zero-order valence-corrected chi connectivity index (χ0v) is 21.2. The van der Waals surface area contributed by atoms with Crippen LogP contribution in [0.4, 0.5) is 17.2 Å². The number of aromatic nitrogens is 1. The van der Waals surface area contributed by atoms with Gasteiger partial charge in [0.15, 0.2) is 0 Å². The average molecular weight is 496 g/mol. The molecule has 1 aromatic heterocycles. The van der Waals surface area contributed by atoms with Gasteiger partial charge < -0.3 is 20.7 Å². The molecule has 0 bridgehead atoms. The van der Waals surface area contributed by atoms with E-state index in [4.69, 9.17) is 10.5 Å². The van der Waals surface area contributed by atoms with Crippen LogP contribution in [0.1, 0.15) is 20.8 Å². The smallest absolute Gasteiger partial charge is 0.235 e. The molecule has 0 spiro atoms. The zero-order valence-electron chi connectivity index (χ0n) is 20.4. The Morgan fingerprint density at radius 3 is 2.43 bits per heavy atom. The molecule has 2 aromatic carbocycles. The first-order valence-corrected chi connectivity index (χ1v) is 13.4. The first-order valence-electron chi connectivity index (χ1n) is 11.9. The minimum Gasteiger partial charge on any atom is -0.494 e. The summed E-state index contributed by atoms with van der Waals surface area (Å²) in [5, 5.41) is 2.81. The number of nitrogen functional groups attached to an aromatic ring is 1. The largest absolute Gasteiger partial charge is 0.494 e.